The zero-order valence-corrected chi connectivity index (χ0v) is 25.4. The number of nitrogens with zero attached hydrogens (tertiary/aromatic N) is 4. The number of carbonyl (C=O) groups excluding carboxylic acids is 2. The van der Waals surface area contributed by atoms with Crippen LogP contribution in [0.15, 0.2) is 46.3 Å². The molecule has 1 amide bonds. The number of aliphatic hydroxyl groups excluding tert-OH is 1. The molecule has 230 valence electrons. The van der Waals surface area contributed by atoms with Gasteiger partial charge in [0.25, 0.3) is 5.56 Å². The van der Waals surface area contributed by atoms with Crippen LogP contribution < -0.4 is 10.9 Å². The first kappa shape index (κ1) is 29.3. The maximum Gasteiger partial charge on any atom is 0.411 e. The molecule has 2 aliphatic heterocycles. The van der Waals surface area contributed by atoms with Crippen molar-refractivity contribution in [1.82, 2.24) is 14.5 Å². The molecule has 4 aromatic rings. The van der Waals surface area contributed by atoms with E-state index in [-0.39, 0.29) is 45.9 Å². The Labute approximate surface area is 262 Å². The number of aromatic nitrogens is 3. The standard InChI is InChI=1S/C30H25N5O8S2/c1-14(44-45-27-22(35(40)41)6-3-9-31-27)12-43-30(39)33-20-7-8-21-24-15(4-2-5-16(20)24)18-11-34-23(25(18)32-21)10-17-19(28(34)37)13-42-29(38)26(17)36/h3,6-10,14,26,36H,2,4-5,11-13H2,1H3,(H,33,39)/t14-,26+/m1/s1. The molecule has 15 heteroatoms. The number of aliphatic hydroxyl groups is 1. The van der Waals surface area contributed by atoms with Crippen molar-refractivity contribution in [3.8, 4) is 11.4 Å². The molecule has 0 spiro atoms. The molecule has 0 saturated heterocycles. The number of cyclic esters (lactones) is 1. The van der Waals surface area contributed by atoms with Crippen molar-refractivity contribution in [2.45, 2.75) is 55.7 Å². The number of amides is 1. The summed E-state index contributed by atoms with van der Waals surface area (Å²) in [6, 6.07) is 8.18. The second kappa shape index (κ2) is 11.5. The molecule has 3 aromatic heterocycles. The number of aryl methyl sites for hydroxylation is 2. The van der Waals surface area contributed by atoms with Crippen LogP contribution in [-0.4, -0.2) is 48.5 Å². The Hall–Kier alpha value is -4.47. The number of hydrogen-bond donors (Lipinski definition) is 2. The lowest BCUT2D eigenvalue weighted by Crippen LogP contribution is -2.32. The van der Waals surface area contributed by atoms with E-state index in [9.17, 15) is 29.6 Å². The van der Waals surface area contributed by atoms with Crippen LogP contribution in [0.25, 0.3) is 22.3 Å². The number of esters is 1. The van der Waals surface area contributed by atoms with Crippen LogP contribution in [0.1, 0.15) is 47.3 Å². The normalized spacial score (nSPS) is 16.8. The van der Waals surface area contributed by atoms with Crippen molar-refractivity contribution in [1.29, 1.82) is 0 Å². The fourth-order valence-corrected chi connectivity index (χ4v) is 8.09. The molecule has 0 unspecified atom stereocenters. The van der Waals surface area contributed by atoms with E-state index in [1.807, 2.05) is 13.0 Å². The van der Waals surface area contributed by atoms with Crippen LogP contribution in [0.5, 0.6) is 0 Å². The summed E-state index contributed by atoms with van der Waals surface area (Å²) >= 11 is 0. The number of benzene rings is 1. The minimum absolute atomic E-state index is 0.0782. The van der Waals surface area contributed by atoms with Gasteiger partial charge in [0, 0.05) is 39.7 Å². The second-order valence-electron chi connectivity index (χ2n) is 10.9. The van der Waals surface area contributed by atoms with Gasteiger partial charge in [0.05, 0.1) is 33.9 Å². The average molecular weight is 648 g/mol. The molecule has 0 bridgehead atoms. The maximum atomic E-state index is 13.4. The summed E-state index contributed by atoms with van der Waals surface area (Å²) in [7, 11) is 2.48. The van der Waals surface area contributed by atoms with E-state index in [1.54, 1.807) is 16.7 Å². The van der Waals surface area contributed by atoms with Crippen LogP contribution in [0.2, 0.25) is 0 Å². The number of fused-ring (bicyclic) bond motifs is 5. The van der Waals surface area contributed by atoms with Crippen LogP contribution in [-0.2, 0) is 40.3 Å². The SMILES string of the molecule is C[C@H](COC(=O)Nc1ccc2nc3c(c4c2c1CCC4)Cn1c-3cc2c(c1=O)COC(=O)[C@H]2O)SSc1ncccc1[N+](=O)[O-]. The molecule has 2 N–H and O–H groups in total. The summed E-state index contributed by atoms with van der Waals surface area (Å²) in [6.45, 7) is 2.06. The lowest BCUT2D eigenvalue weighted by Gasteiger charge is -2.22. The first-order valence-corrected chi connectivity index (χ1v) is 16.4. The zero-order chi connectivity index (χ0) is 31.4. The van der Waals surface area contributed by atoms with Crippen molar-refractivity contribution >= 4 is 55.9 Å². The number of hydrogen-bond acceptors (Lipinski definition) is 12. The van der Waals surface area contributed by atoms with Gasteiger partial charge in [0.15, 0.2) is 11.1 Å². The molecule has 45 heavy (non-hydrogen) atoms. The minimum atomic E-state index is -1.52. The first-order chi connectivity index (χ1) is 21.7. The van der Waals surface area contributed by atoms with E-state index < -0.39 is 23.1 Å². The van der Waals surface area contributed by atoms with Crippen LogP contribution in [0, 0.1) is 10.1 Å². The Balaban J connectivity index is 1.10. The highest BCUT2D eigenvalue weighted by Gasteiger charge is 2.35. The van der Waals surface area contributed by atoms with E-state index >= 15 is 0 Å². The van der Waals surface area contributed by atoms with Gasteiger partial charge >= 0.3 is 17.7 Å². The molecule has 0 fully saturated rings. The van der Waals surface area contributed by atoms with Gasteiger partial charge in [0.1, 0.15) is 13.2 Å². The first-order valence-electron chi connectivity index (χ1n) is 14.2. The molecule has 0 saturated carbocycles. The second-order valence-corrected chi connectivity index (χ2v) is 13.5. The molecule has 5 heterocycles. The third kappa shape index (κ3) is 5.10. The molecule has 7 rings (SSSR count). The highest BCUT2D eigenvalue weighted by atomic mass is 33.1. The third-order valence-corrected chi connectivity index (χ3v) is 10.9. The van der Waals surface area contributed by atoms with Gasteiger partial charge in [-0.15, -0.1) is 0 Å². The Morgan fingerprint density at radius 2 is 2.07 bits per heavy atom. The van der Waals surface area contributed by atoms with E-state index in [1.165, 1.54) is 29.1 Å². The van der Waals surface area contributed by atoms with Crippen molar-refractivity contribution in [2.75, 3.05) is 11.9 Å². The van der Waals surface area contributed by atoms with Crippen molar-refractivity contribution in [3.63, 3.8) is 0 Å². The molecule has 0 radical (unpaired) electrons. The lowest BCUT2D eigenvalue weighted by atomic mass is 9.86. The molecular formula is C30H25N5O8S2. The summed E-state index contributed by atoms with van der Waals surface area (Å²) in [6.07, 6.45) is 1.69. The molecular weight excluding hydrogens is 622 g/mol. The lowest BCUT2D eigenvalue weighted by molar-refractivity contribution is -0.388. The van der Waals surface area contributed by atoms with Crippen LogP contribution in [0.4, 0.5) is 16.2 Å². The summed E-state index contributed by atoms with van der Waals surface area (Å²) in [4.78, 5) is 57.9. The van der Waals surface area contributed by atoms with Gasteiger partial charge in [-0.3, -0.25) is 20.2 Å². The molecule has 2 atom stereocenters. The monoisotopic (exact) mass is 647 g/mol. The highest BCUT2D eigenvalue weighted by molar-refractivity contribution is 8.77. The predicted molar refractivity (Wildman–Crippen MR) is 166 cm³/mol. The van der Waals surface area contributed by atoms with E-state index in [4.69, 9.17) is 14.5 Å². The molecule has 1 aromatic carbocycles. The van der Waals surface area contributed by atoms with Gasteiger partial charge in [0.2, 0.25) is 0 Å². The maximum absolute atomic E-state index is 13.4. The summed E-state index contributed by atoms with van der Waals surface area (Å²) in [5, 5.41) is 25.6. The Morgan fingerprint density at radius 1 is 1.24 bits per heavy atom. The number of nitrogens with one attached hydrogen (secondary N) is 1. The zero-order valence-electron chi connectivity index (χ0n) is 23.8. The van der Waals surface area contributed by atoms with Gasteiger partial charge in [-0.1, -0.05) is 10.8 Å². The minimum Gasteiger partial charge on any atom is -0.458 e. The fourth-order valence-electron chi connectivity index (χ4n) is 6.06. The number of rotatable bonds is 7. The fraction of sp³-hybridized carbons (Fsp3) is 0.300. The average Bonchev–Trinajstić information content (AvgIpc) is 3.41. The summed E-state index contributed by atoms with van der Waals surface area (Å²) < 4.78 is 12.1. The van der Waals surface area contributed by atoms with Gasteiger partial charge in [-0.2, -0.15) is 0 Å². The summed E-state index contributed by atoms with van der Waals surface area (Å²) in [5.41, 5.74) is 5.61. The number of ether oxygens (including phenoxy) is 2. The number of pyridine rings is 3. The molecule has 3 aliphatic rings. The summed E-state index contributed by atoms with van der Waals surface area (Å²) in [5.74, 6) is -0.780. The van der Waals surface area contributed by atoms with Crippen molar-refractivity contribution in [2.24, 2.45) is 0 Å². The third-order valence-electron chi connectivity index (χ3n) is 8.12. The van der Waals surface area contributed by atoms with E-state index in [0.717, 1.165) is 57.6 Å². The number of carbonyl (C=O) groups is 2. The van der Waals surface area contributed by atoms with Crippen molar-refractivity contribution < 1.29 is 29.1 Å². The van der Waals surface area contributed by atoms with Gasteiger partial charge < -0.3 is 19.1 Å². The molecule has 13 nitrogen and oxygen atoms in total. The smallest absolute Gasteiger partial charge is 0.411 e. The van der Waals surface area contributed by atoms with E-state index in [0.29, 0.717) is 23.6 Å². The largest absolute Gasteiger partial charge is 0.458 e. The quantitative estimate of drug-likeness (QED) is 0.108. The predicted octanol–water partition coefficient (Wildman–Crippen LogP) is 4.68. The van der Waals surface area contributed by atoms with Crippen LogP contribution >= 0.6 is 21.6 Å². The highest BCUT2D eigenvalue weighted by Crippen LogP contribution is 2.43. The molecule has 1 aliphatic carbocycles. The Morgan fingerprint density at radius 3 is 2.89 bits per heavy atom. The number of anilines is 1. The van der Waals surface area contributed by atoms with Gasteiger partial charge in [-0.05, 0) is 72.4 Å². The van der Waals surface area contributed by atoms with E-state index in [2.05, 4.69) is 10.3 Å². The Bertz CT molecular complexity index is 2000. The van der Waals surface area contributed by atoms with Gasteiger partial charge in [-0.25, -0.2) is 19.6 Å². The Kier molecular flexibility index (Phi) is 7.46. The van der Waals surface area contributed by atoms with Crippen molar-refractivity contribution in [3.05, 3.63) is 84.8 Å². The topological polar surface area (TPSA) is 176 Å². The number of nitro groups is 1. The van der Waals surface area contributed by atoms with Crippen LogP contribution in [0.3, 0.4) is 0 Å².